The van der Waals surface area contributed by atoms with Crippen molar-refractivity contribution in [3.8, 4) is 11.8 Å². The molecule has 2 rings (SSSR count). The topological polar surface area (TPSA) is 50.1 Å². The molecule has 0 aliphatic heterocycles. The Hall–Kier alpha value is -1.07. The summed E-state index contributed by atoms with van der Waals surface area (Å²) < 4.78 is 57.8. The quantitative estimate of drug-likeness (QED) is 0.323. The fourth-order valence-electron chi connectivity index (χ4n) is 1.52. The second-order valence-corrected chi connectivity index (χ2v) is 3.79. The van der Waals surface area contributed by atoms with E-state index in [1.165, 1.54) is 6.07 Å². The van der Waals surface area contributed by atoms with Gasteiger partial charge in [0.05, 0.1) is 0 Å². The van der Waals surface area contributed by atoms with Crippen molar-refractivity contribution in [3.05, 3.63) is 64.7 Å². The predicted molar refractivity (Wildman–Crippen MR) is 61.2 cm³/mol. The van der Waals surface area contributed by atoms with E-state index in [9.17, 15) is 22.4 Å². The summed E-state index contributed by atoms with van der Waals surface area (Å²) in [5.74, 6) is -7.07. The maximum Gasteiger partial charge on any atom is 1.00 e. The summed E-state index contributed by atoms with van der Waals surface area (Å²) in [4.78, 5) is 11.6. The van der Waals surface area contributed by atoms with Crippen LogP contribution in [0.15, 0.2) is 24.3 Å². The minimum absolute atomic E-state index is 0. The van der Waals surface area contributed by atoms with Crippen LogP contribution in [0.25, 0.3) is 0 Å². The Morgan fingerprint density at radius 3 is 2.00 bits per heavy atom. The van der Waals surface area contributed by atoms with Crippen LogP contribution in [-0.4, -0.2) is 5.97 Å². The maximum absolute atomic E-state index is 13.3. The van der Waals surface area contributed by atoms with Crippen molar-refractivity contribution in [2.45, 2.75) is 0 Å². The molecule has 0 amide bonds. The zero-order valence-electron chi connectivity index (χ0n) is 11.1. The predicted octanol–water partition coefficient (Wildman–Crippen LogP) is 0.138. The molecule has 3 nitrogen and oxygen atoms in total. The largest absolute Gasteiger partial charge is 1.00 e. The first-order valence-corrected chi connectivity index (χ1v) is 5.40. The fraction of sp³-hybridized carbons (Fsp3) is 0. The van der Waals surface area contributed by atoms with E-state index in [2.05, 4.69) is 10.8 Å². The summed E-state index contributed by atoms with van der Waals surface area (Å²) in [6.07, 6.45) is 0. The van der Waals surface area contributed by atoms with Gasteiger partial charge in [0.2, 0.25) is 0 Å². The standard InChI is InChI=1S/C14H4F4NO2.Rb/c15-9-2-1-3-10(16)13(9)14(20)21-7-4-11(17)8(6-19)12(18)5-7;/h2-5H;/q-1;+1. The number of hydrogen-bond donors (Lipinski definition) is 0. The van der Waals surface area contributed by atoms with Crippen LogP contribution in [0.3, 0.4) is 0 Å². The number of esters is 1. The van der Waals surface area contributed by atoms with E-state index >= 15 is 0 Å². The molecule has 2 aromatic rings. The molecule has 8 heteroatoms. The maximum atomic E-state index is 13.3. The summed E-state index contributed by atoms with van der Waals surface area (Å²) in [6.45, 7) is 0. The molecule has 0 N–H and O–H groups in total. The van der Waals surface area contributed by atoms with Crippen molar-refractivity contribution in [2.75, 3.05) is 0 Å². The minimum atomic E-state index is -1.47. The molecule has 0 heterocycles. The van der Waals surface area contributed by atoms with Crippen LogP contribution in [0, 0.1) is 40.7 Å². The van der Waals surface area contributed by atoms with E-state index in [4.69, 9.17) is 5.26 Å². The Bertz CT molecular complexity index is 731. The van der Waals surface area contributed by atoms with E-state index in [1.54, 1.807) is 0 Å². The van der Waals surface area contributed by atoms with Crippen LogP contribution in [0.5, 0.6) is 5.75 Å². The smallest absolute Gasteiger partial charge is 0.424 e. The average molecular weight is 380 g/mol. The Morgan fingerprint density at radius 1 is 1.05 bits per heavy atom. The molecular weight excluding hydrogens is 376 g/mol. The number of halogens is 4. The van der Waals surface area contributed by atoms with Gasteiger partial charge in [-0.2, -0.15) is 11.3 Å². The zero-order valence-corrected chi connectivity index (χ0v) is 16.0. The van der Waals surface area contributed by atoms with Gasteiger partial charge in [0.25, 0.3) is 0 Å². The van der Waals surface area contributed by atoms with Crippen LogP contribution in [0.1, 0.15) is 15.9 Å². The first kappa shape index (κ1) is 19.0. The van der Waals surface area contributed by atoms with Crippen LogP contribution in [0.2, 0.25) is 0 Å². The number of carbonyl (C=O) groups is 1. The van der Waals surface area contributed by atoms with E-state index < -0.39 is 46.1 Å². The first-order valence-electron chi connectivity index (χ1n) is 5.40. The van der Waals surface area contributed by atoms with Gasteiger partial charge in [-0.3, -0.25) is 8.78 Å². The van der Waals surface area contributed by atoms with Crippen molar-refractivity contribution in [3.63, 3.8) is 0 Å². The van der Waals surface area contributed by atoms with Gasteiger partial charge < -0.3 is 4.74 Å². The molecule has 0 bridgehead atoms. The number of nitrogens with zero attached hydrogens (tertiary/aromatic N) is 1. The third-order valence-electron chi connectivity index (χ3n) is 2.44. The molecule has 22 heavy (non-hydrogen) atoms. The number of ether oxygens (including phenoxy) is 1. The summed E-state index contributed by atoms with van der Waals surface area (Å²) in [5.41, 5.74) is -1.87. The van der Waals surface area contributed by atoms with Crippen molar-refractivity contribution >= 4 is 5.97 Å². The zero-order chi connectivity index (χ0) is 15.6. The van der Waals surface area contributed by atoms with Crippen molar-refractivity contribution in [2.24, 2.45) is 0 Å². The molecule has 0 unspecified atom stereocenters. The third kappa shape index (κ3) is 4.01. The van der Waals surface area contributed by atoms with Crippen LogP contribution in [-0.2, 0) is 0 Å². The summed E-state index contributed by atoms with van der Waals surface area (Å²) in [7, 11) is 0. The van der Waals surface area contributed by atoms with Crippen LogP contribution >= 0.6 is 0 Å². The van der Waals surface area contributed by atoms with E-state index in [0.717, 1.165) is 0 Å². The van der Waals surface area contributed by atoms with Crippen LogP contribution < -0.4 is 62.9 Å². The first-order chi connectivity index (χ1) is 9.93. The van der Waals surface area contributed by atoms with E-state index in [0.29, 0.717) is 24.3 Å². The second kappa shape index (κ2) is 7.97. The summed E-state index contributed by atoms with van der Waals surface area (Å²) >= 11 is 0. The summed E-state index contributed by atoms with van der Waals surface area (Å²) in [6, 6.07) is 5.92. The molecule has 0 atom stereocenters. The Kier molecular flexibility index (Phi) is 6.87. The monoisotopic (exact) mass is 379 g/mol. The molecule has 0 radical (unpaired) electrons. The van der Waals surface area contributed by atoms with Crippen molar-refractivity contribution < 1.29 is 85.3 Å². The van der Waals surface area contributed by atoms with Gasteiger partial charge in [-0.15, -0.1) is 12.1 Å². The SMILES string of the molecule is N#Cc1c(F)cc(OC(=O)c2c(F)c[c-]cc2F)cc1F.[Rb+]. The Labute approximate surface area is 171 Å². The molecule has 0 spiro atoms. The molecule has 2 aromatic carbocycles. The number of benzene rings is 2. The van der Waals surface area contributed by atoms with E-state index in [1.807, 2.05) is 0 Å². The van der Waals surface area contributed by atoms with Gasteiger partial charge in [-0.25, -0.2) is 13.6 Å². The number of hydrogen-bond acceptors (Lipinski definition) is 3. The van der Waals surface area contributed by atoms with Gasteiger partial charge in [0.1, 0.15) is 29.0 Å². The summed E-state index contributed by atoms with van der Waals surface area (Å²) in [5, 5.41) is 8.48. The number of carbonyl (C=O) groups excluding carboxylic acids is 1. The van der Waals surface area contributed by atoms with Gasteiger partial charge in [-0.1, -0.05) is 0 Å². The Morgan fingerprint density at radius 2 is 1.55 bits per heavy atom. The fourth-order valence-corrected chi connectivity index (χ4v) is 1.52. The van der Waals surface area contributed by atoms with Gasteiger partial charge >= 0.3 is 64.2 Å². The Balaban J connectivity index is 0.00000242. The van der Waals surface area contributed by atoms with Gasteiger partial charge in [0, 0.05) is 29.3 Å². The number of rotatable bonds is 2. The molecule has 0 aliphatic carbocycles. The molecular formula is C14H4F4NO2Rb. The van der Waals surface area contributed by atoms with Crippen LogP contribution in [0.4, 0.5) is 17.6 Å². The van der Waals surface area contributed by atoms with Crippen molar-refractivity contribution in [1.82, 2.24) is 0 Å². The van der Waals surface area contributed by atoms with Gasteiger partial charge in [-0.05, 0) is 0 Å². The van der Waals surface area contributed by atoms with E-state index in [-0.39, 0.29) is 58.2 Å². The molecule has 0 aromatic heterocycles. The molecule has 0 saturated heterocycles. The minimum Gasteiger partial charge on any atom is -0.424 e. The number of nitriles is 1. The molecule has 0 aliphatic rings. The molecule has 0 fully saturated rings. The van der Waals surface area contributed by atoms with Gasteiger partial charge in [0.15, 0.2) is 0 Å². The third-order valence-corrected chi connectivity index (χ3v) is 2.44. The molecule has 0 saturated carbocycles. The normalized spacial score (nSPS) is 9.59. The second-order valence-electron chi connectivity index (χ2n) is 3.79. The van der Waals surface area contributed by atoms with Crippen molar-refractivity contribution in [1.29, 1.82) is 5.26 Å². The average Bonchev–Trinajstić information content (AvgIpc) is 2.38. The molecule has 106 valence electrons.